The summed E-state index contributed by atoms with van der Waals surface area (Å²) in [5.74, 6) is 0.928. The SMILES string of the molecule is Cc1cccc(C)c1OCc1c(C)nn(C)c1Cl. The molecular weight excluding hydrogens is 248 g/mol. The number of nitrogens with zero attached hydrogens (tertiary/aromatic N) is 2. The second-order valence-corrected chi connectivity index (χ2v) is 4.85. The van der Waals surface area contributed by atoms with Crippen LogP contribution in [0.2, 0.25) is 5.15 Å². The highest BCUT2D eigenvalue weighted by atomic mass is 35.5. The van der Waals surface area contributed by atoms with E-state index in [2.05, 4.69) is 5.10 Å². The first kappa shape index (κ1) is 13.0. The minimum atomic E-state index is 0.449. The Morgan fingerprint density at radius 3 is 2.33 bits per heavy atom. The average molecular weight is 265 g/mol. The van der Waals surface area contributed by atoms with Crippen LogP contribution in [0.1, 0.15) is 22.4 Å². The normalized spacial score (nSPS) is 10.7. The molecule has 0 aliphatic heterocycles. The lowest BCUT2D eigenvalue weighted by Gasteiger charge is -2.11. The monoisotopic (exact) mass is 264 g/mol. The summed E-state index contributed by atoms with van der Waals surface area (Å²) >= 11 is 6.18. The van der Waals surface area contributed by atoms with Gasteiger partial charge in [0.05, 0.1) is 5.69 Å². The van der Waals surface area contributed by atoms with E-state index in [4.69, 9.17) is 16.3 Å². The first-order chi connectivity index (χ1) is 8.50. The predicted molar refractivity (Wildman–Crippen MR) is 73.2 cm³/mol. The van der Waals surface area contributed by atoms with Crippen molar-refractivity contribution in [2.45, 2.75) is 27.4 Å². The summed E-state index contributed by atoms with van der Waals surface area (Å²) in [5, 5.41) is 4.91. The zero-order chi connectivity index (χ0) is 13.3. The van der Waals surface area contributed by atoms with Gasteiger partial charge < -0.3 is 4.74 Å². The van der Waals surface area contributed by atoms with Crippen LogP contribution in [0.4, 0.5) is 0 Å². The van der Waals surface area contributed by atoms with Crippen LogP contribution >= 0.6 is 11.6 Å². The molecule has 0 atom stereocenters. The number of halogens is 1. The van der Waals surface area contributed by atoms with Crippen molar-refractivity contribution in [3.63, 3.8) is 0 Å². The van der Waals surface area contributed by atoms with Crippen molar-refractivity contribution >= 4 is 11.6 Å². The first-order valence-corrected chi connectivity index (χ1v) is 6.25. The van der Waals surface area contributed by atoms with E-state index in [-0.39, 0.29) is 0 Å². The van der Waals surface area contributed by atoms with E-state index in [0.29, 0.717) is 11.8 Å². The van der Waals surface area contributed by atoms with Crippen LogP contribution in [-0.2, 0) is 13.7 Å². The van der Waals surface area contributed by atoms with Gasteiger partial charge in [0.2, 0.25) is 0 Å². The van der Waals surface area contributed by atoms with Gasteiger partial charge >= 0.3 is 0 Å². The molecular formula is C14H17ClN2O. The van der Waals surface area contributed by atoms with Crippen LogP contribution in [0.5, 0.6) is 5.75 Å². The quantitative estimate of drug-likeness (QED) is 0.847. The van der Waals surface area contributed by atoms with E-state index >= 15 is 0 Å². The van der Waals surface area contributed by atoms with Crippen LogP contribution in [-0.4, -0.2) is 9.78 Å². The zero-order valence-electron chi connectivity index (χ0n) is 11.1. The number of para-hydroxylation sites is 1. The molecule has 1 heterocycles. The van der Waals surface area contributed by atoms with Gasteiger partial charge in [-0.2, -0.15) is 5.10 Å². The third-order valence-corrected chi connectivity index (χ3v) is 3.51. The van der Waals surface area contributed by atoms with Crippen LogP contribution in [0, 0.1) is 20.8 Å². The molecule has 1 aromatic carbocycles. The summed E-state index contributed by atoms with van der Waals surface area (Å²) in [6.45, 7) is 6.47. The van der Waals surface area contributed by atoms with E-state index < -0.39 is 0 Å². The standard InChI is InChI=1S/C14H17ClN2O/c1-9-6-5-7-10(2)13(9)18-8-12-11(3)16-17(4)14(12)15/h5-7H,8H2,1-4H3. The van der Waals surface area contributed by atoms with E-state index in [0.717, 1.165) is 28.1 Å². The fourth-order valence-corrected chi connectivity index (χ4v) is 2.24. The zero-order valence-corrected chi connectivity index (χ0v) is 11.9. The van der Waals surface area contributed by atoms with Gasteiger partial charge in [-0.05, 0) is 31.9 Å². The maximum Gasteiger partial charge on any atom is 0.133 e. The Bertz CT molecular complexity index is 555. The molecule has 3 nitrogen and oxygen atoms in total. The molecule has 0 bridgehead atoms. The van der Waals surface area contributed by atoms with Gasteiger partial charge in [-0.3, -0.25) is 4.68 Å². The molecule has 0 amide bonds. The maximum absolute atomic E-state index is 6.18. The molecule has 0 radical (unpaired) electrons. The molecule has 4 heteroatoms. The number of hydrogen-bond acceptors (Lipinski definition) is 2. The van der Waals surface area contributed by atoms with Gasteiger partial charge in [0.25, 0.3) is 0 Å². The fraction of sp³-hybridized carbons (Fsp3) is 0.357. The van der Waals surface area contributed by atoms with Gasteiger partial charge in [-0.1, -0.05) is 29.8 Å². The molecule has 96 valence electrons. The molecule has 2 rings (SSSR count). The summed E-state index contributed by atoms with van der Waals surface area (Å²) < 4.78 is 7.56. The molecule has 18 heavy (non-hydrogen) atoms. The van der Waals surface area contributed by atoms with Crippen LogP contribution in [0.3, 0.4) is 0 Å². The van der Waals surface area contributed by atoms with E-state index in [1.54, 1.807) is 4.68 Å². The number of hydrogen-bond donors (Lipinski definition) is 0. The summed E-state index contributed by atoms with van der Waals surface area (Å²) in [6.07, 6.45) is 0. The van der Waals surface area contributed by atoms with E-state index in [9.17, 15) is 0 Å². The van der Waals surface area contributed by atoms with Crippen molar-refractivity contribution in [3.05, 3.63) is 45.7 Å². The highest BCUT2D eigenvalue weighted by molar-refractivity contribution is 6.30. The van der Waals surface area contributed by atoms with Crippen molar-refractivity contribution in [1.82, 2.24) is 9.78 Å². The van der Waals surface area contributed by atoms with Crippen LogP contribution in [0.15, 0.2) is 18.2 Å². The van der Waals surface area contributed by atoms with Gasteiger partial charge in [-0.25, -0.2) is 0 Å². The Labute approximate surface area is 112 Å². The van der Waals surface area contributed by atoms with Crippen LogP contribution in [0.25, 0.3) is 0 Å². The number of rotatable bonds is 3. The second kappa shape index (κ2) is 5.02. The Hall–Kier alpha value is -1.48. The molecule has 0 aliphatic rings. The minimum absolute atomic E-state index is 0.449. The Kier molecular flexibility index (Phi) is 3.62. The number of benzene rings is 1. The van der Waals surface area contributed by atoms with Crippen molar-refractivity contribution in [2.75, 3.05) is 0 Å². The molecule has 0 saturated heterocycles. The molecule has 0 N–H and O–H groups in total. The smallest absolute Gasteiger partial charge is 0.133 e. The Morgan fingerprint density at radius 2 is 1.83 bits per heavy atom. The van der Waals surface area contributed by atoms with Crippen molar-refractivity contribution in [2.24, 2.45) is 7.05 Å². The minimum Gasteiger partial charge on any atom is -0.488 e. The molecule has 1 aromatic heterocycles. The summed E-state index contributed by atoms with van der Waals surface area (Å²) in [7, 11) is 1.83. The lowest BCUT2D eigenvalue weighted by molar-refractivity contribution is 0.301. The second-order valence-electron chi connectivity index (χ2n) is 4.49. The van der Waals surface area contributed by atoms with E-state index in [1.807, 2.05) is 46.0 Å². The average Bonchev–Trinajstić information content (AvgIpc) is 2.54. The number of ether oxygens (including phenoxy) is 1. The summed E-state index contributed by atoms with van der Waals surface area (Å²) in [6, 6.07) is 6.11. The first-order valence-electron chi connectivity index (χ1n) is 5.87. The molecule has 0 saturated carbocycles. The lowest BCUT2D eigenvalue weighted by atomic mass is 10.1. The highest BCUT2D eigenvalue weighted by Gasteiger charge is 2.12. The third-order valence-electron chi connectivity index (χ3n) is 3.04. The summed E-state index contributed by atoms with van der Waals surface area (Å²) in [4.78, 5) is 0. The Morgan fingerprint density at radius 1 is 1.22 bits per heavy atom. The van der Waals surface area contributed by atoms with Crippen molar-refractivity contribution in [1.29, 1.82) is 0 Å². The van der Waals surface area contributed by atoms with Gasteiger partial charge in [0, 0.05) is 12.6 Å². The molecule has 2 aromatic rings. The molecule has 0 fully saturated rings. The molecule has 0 aliphatic carbocycles. The topological polar surface area (TPSA) is 27.1 Å². The highest BCUT2D eigenvalue weighted by Crippen LogP contribution is 2.26. The number of aromatic nitrogens is 2. The molecule has 0 spiro atoms. The maximum atomic E-state index is 6.18. The summed E-state index contributed by atoms with van der Waals surface area (Å²) in [5.41, 5.74) is 4.12. The van der Waals surface area contributed by atoms with E-state index in [1.165, 1.54) is 0 Å². The Balaban J connectivity index is 2.22. The number of aryl methyl sites for hydroxylation is 4. The largest absolute Gasteiger partial charge is 0.488 e. The van der Waals surface area contributed by atoms with Crippen LogP contribution < -0.4 is 4.74 Å². The van der Waals surface area contributed by atoms with Gasteiger partial charge in [0.1, 0.15) is 17.5 Å². The van der Waals surface area contributed by atoms with Crippen molar-refractivity contribution < 1.29 is 4.74 Å². The lowest BCUT2D eigenvalue weighted by Crippen LogP contribution is -2.00. The third kappa shape index (κ3) is 2.36. The fourth-order valence-electron chi connectivity index (χ4n) is 2.01. The van der Waals surface area contributed by atoms with Gasteiger partial charge in [-0.15, -0.1) is 0 Å². The van der Waals surface area contributed by atoms with Gasteiger partial charge in [0.15, 0.2) is 0 Å². The molecule has 0 unspecified atom stereocenters. The van der Waals surface area contributed by atoms with Crippen molar-refractivity contribution in [3.8, 4) is 5.75 Å². The predicted octanol–water partition coefficient (Wildman–Crippen LogP) is 3.58.